The van der Waals surface area contributed by atoms with Crippen molar-refractivity contribution in [2.45, 2.75) is 6.92 Å². The van der Waals surface area contributed by atoms with Gasteiger partial charge in [0.05, 0.1) is 5.56 Å². The number of carbonyl (C=O) groups excluding carboxylic acids is 1. The fourth-order valence-electron chi connectivity index (χ4n) is 3.21. The van der Waals surface area contributed by atoms with Gasteiger partial charge < -0.3 is 9.80 Å². The molecule has 0 atom stereocenters. The second-order valence-corrected chi connectivity index (χ2v) is 6.50. The first-order valence-corrected chi connectivity index (χ1v) is 8.86. The number of aryl methyl sites for hydroxylation is 1. The first-order chi connectivity index (χ1) is 13.5. The van der Waals surface area contributed by atoms with Gasteiger partial charge in [0.1, 0.15) is 17.5 Å². The fourth-order valence-corrected chi connectivity index (χ4v) is 3.21. The first kappa shape index (κ1) is 18.0. The molecule has 0 spiro atoms. The van der Waals surface area contributed by atoms with Crippen molar-refractivity contribution in [3.8, 4) is 5.82 Å². The maximum atomic E-state index is 13.9. The third kappa shape index (κ3) is 3.42. The van der Waals surface area contributed by atoms with Crippen LogP contribution in [0.3, 0.4) is 0 Å². The van der Waals surface area contributed by atoms with Gasteiger partial charge in [0.15, 0.2) is 11.6 Å². The lowest BCUT2D eigenvalue weighted by atomic mass is 10.1. The summed E-state index contributed by atoms with van der Waals surface area (Å²) in [6, 6.07) is 6.73. The molecular weight excluding hydrogens is 366 g/mol. The Labute approximate surface area is 160 Å². The number of aromatic nitrogens is 4. The van der Waals surface area contributed by atoms with Gasteiger partial charge >= 0.3 is 0 Å². The van der Waals surface area contributed by atoms with Gasteiger partial charge in [-0.1, -0.05) is 0 Å². The molecule has 1 aliphatic heterocycles. The first-order valence-electron chi connectivity index (χ1n) is 8.86. The van der Waals surface area contributed by atoms with Gasteiger partial charge in [0, 0.05) is 44.6 Å². The van der Waals surface area contributed by atoms with Crippen molar-refractivity contribution >= 4 is 11.7 Å². The normalized spacial score (nSPS) is 14.4. The van der Waals surface area contributed by atoms with Crippen molar-refractivity contribution in [3.05, 3.63) is 65.7 Å². The summed E-state index contributed by atoms with van der Waals surface area (Å²) in [5.74, 6) is 0.229. The average Bonchev–Trinajstić information content (AvgIpc) is 3.14. The maximum Gasteiger partial charge on any atom is 0.256 e. The number of piperazine rings is 1. The molecule has 2 aromatic heterocycles. The smallest absolute Gasteiger partial charge is 0.256 e. The minimum Gasteiger partial charge on any atom is -0.352 e. The van der Waals surface area contributed by atoms with Crippen molar-refractivity contribution in [3.63, 3.8) is 0 Å². The van der Waals surface area contributed by atoms with E-state index in [4.69, 9.17) is 0 Å². The molecule has 1 fully saturated rings. The fraction of sp³-hybridized carbons (Fsp3) is 0.263. The van der Waals surface area contributed by atoms with Gasteiger partial charge in [-0.3, -0.25) is 9.36 Å². The summed E-state index contributed by atoms with van der Waals surface area (Å²) in [6.45, 7) is 3.81. The molecule has 1 aromatic carbocycles. The molecule has 1 aliphatic rings. The molecule has 144 valence electrons. The van der Waals surface area contributed by atoms with E-state index in [1.807, 2.05) is 34.7 Å². The van der Waals surface area contributed by atoms with Gasteiger partial charge in [-0.2, -0.15) is 0 Å². The number of nitrogens with zero attached hydrogens (tertiary/aromatic N) is 6. The molecule has 9 heteroatoms. The third-order valence-electron chi connectivity index (χ3n) is 4.76. The molecule has 1 saturated heterocycles. The van der Waals surface area contributed by atoms with Crippen molar-refractivity contribution < 1.29 is 13.6 Å². The van der Waals surface area contributed by atoms with Crippen LogP contribution in [0.15, 0.2) is 42.7 Å². The van der Waals surface area contributed by atoms with Crippen LogP contribution in [0.2, 0.25) is 0 Å². The highest BCUT2D eigenvalue weighted by Gasteiger charge is 2.25. The van der Waals surface area contributed by atoms with E-state index in [0.717, 1.165) is 18.0 Å². The molecule has 0 unspecified atom stereocenters. The van der Waals surface area contributed by atoms with Crippen LogP contribution in [-0.4, -0.2) is 56.7 Å². The Kier molecular flexibility index (Phi) is 4.72. The zero-order chi connectivity index (χ0) is 19.7. The Balaban J connectivity index is 1.41. The van der Waals surface area contributed by atoms with Crippen LogP contribution in [0.4, 0.5) is 14.6 Å². The van der Waals surface area contributed by atoms with Crippen LogP contribution in [0.5, 0.6) is 0 Å². The van der Waals surface area contributed by atoms with E-state index in [0.29, 0.717) is 37.8 Å². The van der Waals surface area contributed by atoms with Crippen LogP contribution in [0.25, 0.3) is 5.82 Å². The van der Waals surface area contributed by atoms with Crippen molar-refractivity contribution in [2.24, 2.45) is 0 Å². The Morgan fingerprint density at radius 1 is 1.00 bits per heavy atom. The van der Waals surface area contributed by atoms with Crippen molar-refractivity contribution in [1.29, 1.82) is 0 Å². The number of anilines is 1. The molecule has 0 N–H and O–H groups in total. The zero-order valence-corrected chi connectivity index (χ0v) is 15.2. The number of hydrogen-bond acceptors (Lipinski definition) is 5. The van der Waals surface area contributed by atoms with E-state index in [1.165, 1.54) is 6.07 Å². The second-order valence-electron chi connectivity index (χ2n) is 6.50. The Morgan fingerprint density at radius 3 is 2.32 bits per heavy atom. The quantitative estimate of drug-likeness (QED) is 0.693. The van der Waals surface area contributed by atoms with E-state index in [9.17, 15) is 13.6 Å². The summed E-state index contributed by atoms with van der Waals surface area (Å²) in [6.07, 6.45) is 3.52. The third-order valence-corrected chi connectivity index (χ3v) is 4.76. The highest BCUT2D eigenvalue weighted by Crippen LogP contribution is 2.17. The highest BCUT2D eigenvalue weighted by atomic mass is 19.1. The summed E-state index contributed by atoms with van der Waals surface area (Å²) in [4.78, 5) is 20.2. The Hall–Kier alpha value is -3.36. The van der Waals surface area contributed by atoms with Gasteiger partial charge in [0.2, 0.25) is 0 Å². The number of halogens is 2. The molecule has 28 heavy (non-hydrogen) atoms. The SMILES string of the molecule is Cc1nccn1-c1ccc(N2CCN(C(=O)c3ccc(F)cc3F)CC2)nn1. The van der Waals surface area contributed by atoms with Crippen LogP contribution >= 0.6 is 0 Å². The van der Waals surface area contributed by atoms with Crippen LogP contribution in [0.1, 0.15) is 16.2 Å². The number of imidazole rings is 1. The minimum atomic E-state index is -0.844. The average molecular weight is 384 g/mol. The lowest BCUT2D eigenvalue weighted by molar-refractivity contribution is 0.0741. The van der Waals surface area contributed by atoms with E-state index >= 15 is 0 Å². The molecule has 3 aromatic rings. The monoisotopic (exact) mass is 384 g/mol. The number of hydrogen-bond donors (Lipinski definition) is 0. The van der Waals surface area contributed by atoms with E-state index in [-0.39, 0.29) is 5.56 Å². The summed E-state index contributed by atoms with van der Waals surface area (Å²) >= 11 is 0. The summed E-state index contributed by atoms with van der Waals surface area (Å²) in [7, 11) is 0. The Bertz CT molecular complexity index is 996. The predicted molar refractivity (Wildman–Crippen MR) is 98.4 cm³/mol. The van der Waals surface area contributed by atoms with Gasteiger partial charge in [-0.15, -0.1) is 10.2 Å². The lowest BCUT2D eigenvalue weighted by Crippen LogP contribution is -2.49. The van der Waals surface area contributed by atoms with Crippen LogP contribution in [-0.2, 0) is 0 Å². The van der Waals surface area contributed by atoms with Crippen molar-refractivity contribution in [2.75, 3.05) is 31.1 Å². The molecular formula is C19H18F2N6O. The molecule has 3 heterocycles. The van der Waals surface area contributed by atoms with Crippen molar-refractivity contribution in [1.82, 2.24) is 24.6 Å². The molecule has 1 amide bonds. The largest absolute Gasteiger partial charge is 0.352 e. The van der Waals surface area contributed by atoms with Gasteiger partial charge in [0.25, 0.3) is 5.91 Å². The van der Waals surface area contributed by atoms with E-state index in [2.05, 4.69) is 15.2 Å². The molecule has 0 bridgehead atoms. The molecule has 4 rings (SSSR count). The van der Waals surface area contributed by atoms with E-state index < -0.39 is 17.5 Å². The Morgan fingerprint density at radius 2 is 1.71 bits per heavy atom. The zero-order valence-electron chi connectivity index (χ0n) is 15.2. The highest BCUT2D eigenvalue weighted by molar-refractivity contribution is 5.94. The number of carbonyl (C=O) groups is 1. The van der Waals surface area contributed by atoms with Crippen LogP contribution in [0, 0.1) is 18.6 Å². The predicted octanol–water partition coefficient (Wildman–Crippen LogP) is 2.21. The summed E-state index contributed by atoms with van der Waals surface area (Å²) in [5, 5.41) is 8.52. The standard InChI is InChI=1S/C19H18F2N6O/c1-13-22-6-7-27(13)18-5-4-17(23-24-18)25-8-10-26(11-9-25)19(28)15-3-2-14(20)12-16(15)21/h2-7,12H,8-11H2,1H3. The number of amides is 1. The second kappa shape index (κ2) is 7.34. The molecule has 0 radical (unpaired) electrons. The van der Waals surface area contributed by atoms with Gasteiger partial charge in [-0.25, -0.2) is 13.8 Å². The number of rotatable bonds is 3. The summed E-state index contributed by atoms with van der Waals surface area (Å²) < 4.78 is 28.7. The summed E-state index contributed by atoms with van der Waals surface area (Å²) in [5.41, 5.74) is -0.116. The van der Waals surface area contributed by atoms with E-state index in [1.54, 1.807) is 11.1 Å². The topological polar surface area (TPSA) is 67.2 Å². The minimum absolute atomic E-state index is 0.116. The van der Waals surface area contributed by atoms with Crippen LogP contribution < -0.4 is 4.90 Å². The molecule has 7 nitrogen and oxygen atoms in total. The molecule has 0 aliphatic carbocycles. The molecule has 0 saturated carbocycles. The number of benzene rings is 1. The maximum absolute atomic E-state index is 13.9. The van der Waals surface area contributed by atoms with Gasteiger partial charge in [-0.05, 0) is 31.2 Å². The lowest BCUT2D eigenvalue weighted by Gasteiger charge is -2.35.